The minimum atomic E-state index is -0.939. The molecule has 0 spiro atoms. The summed E-state index contributed by atoms with van der Waals surface area (Å²) in [4.78, 5) is 40.9. The van der Waals surface area contributed by atoms with Crippen molar-refractivity contribution in [1.82, 2.24) is 10.2 Å². The normalized spacial score (nSPS) is 14.5. The van der Waals surface area contributed by atoms with Crippen LogP contribution in [0.2, 0.25) is 0 Å². The van der Waals surface area contributed by atoms with E-state index >= 15 is 0 Å². The first kappa shape index (κ1) is 25.0. The van der Waals surface area contributed by atoms with Crippen LogP contribution in [0.1, 0.15) is 19.4 Å². The monoisotopic (exact) mass is 471 g/mol. The molecule has 0 radical (unpaired) electrons. The summed E-state index contributed by atoms with van der Waals surface area (Å²) < 4.78 is 23.5. The van der Waals surface area contributed by atoms with Crippen molar-refractivity contribution in [1.29, 1.82) is 0 Å². The fourth-order valence-corrected chi connectivity index (χ4v) is 3.57. The van der Waals surface area contributed by atoms with Crippen LogP contribution in [0.15, 0.2) is 54.6 Å². The number of amides is 2. The first-order chi connectivity index (χ1) is 16.3. The maximum atomic E-state index is 13.1. The molecule has 2 aromatic rings. The van der Waals surface area contributed by atoms with Gasteiger partial charge in [0, 0.05) is 31.9 Å². The number of halogens is 1. The third-order valence-electron chi connectivity index (χ3n) is 5.57. The summed E-state index contributed by atoms with van der Waals surface area (Å²) in [6.07, 6.45) is -0.734. The van der Waals surface area contributed by atoms with E-state index in [-0.39, 0.29) is 24.2 Å². The summed E-state index contributed by atoms with van der Waals surface area (Å²) in [5.74, 6) is -1.55. The van der Waals surface area contributed by atoms with E-state index in [2.05, 4.69) is 10.2 Å². The SMILES string of the molecule is CC(C)C(NC(=O)OCc1ccccc1)C(=O)OCC(=O)N1CCN(c2ccc(F)cc2)CC1. The first-order valence-corrected chi connectivity index (χ1v) is 11.3. The van der Waals surface area contributed by atoms with Crippen molar-refractivity contribution in [3.8, 4) is 0 Å². The Morgan fingerprint density at radius 1 is 0.941 bits per heavy atom. The predicted octanol–water partition coefficient (Wildman–Crippen LogP) is 2.97. The molecule has 0 aliphatic carbocycles. The number of ether oxygens (including phenoxy) is 2. The van der Waals surface area contributed by atoms with E-state index in [1.807, 2.05) is 30.3 Å². The second-order valence-corrected chi connectivity index (χ2v) is 8.38. The fourth-order valence-electron chi connectivity index (χ4n) is 3.57. The Balaban J connectivity index is 1.42. The molecule has 1 atom stereocenters. The fraction of sp³-hybridized carbons (Fsp3) is 0.400. The molecule has 3 rings (SSSR count). The Labute approximate surface area is 198 Å². The Morgan fingerprint density at radius 3 is 2.21 bits per heavy atom. The molecule has 2 aromatic carbocycles. The van der Waals surface area contributed by atoms with Gasteiger partial charge in [-0.15, -0.1) is 0 Å². The van der Waals surface area contributed by atoms with E-state index in [0.717, 1.165) is 11.3 Å². The van der Waals surface area contributed by atoms with Crippen molar-refractivity contribution in [3.63, 3.8) is 0 Å². The predicted molar refractivity (Wildman–Crippen MR) is 125 cm³/mol. The standard InChI is InChI=1S/C25H30FN3O5/c1-18(2)23(27-25(32)34-16-19-6-4-3-5-7-19)24(31)33-17-22(30)29-14-12-28(13-15-29)21-10-8-20(26)9-11-21/h3-11,18,23H,12-17H2,1-2H3,(H,27,32). The summed E-state index contributed by atoms with van der Waals surface area (Å²) in [7, 11) is 0. The molecule has 8 nitrogen and oxygen atoms in total. The van der Waals surface area contributed by atoms with Gasteiger partial charge in [0.15, 0.2) is 6.61 Å². The molecular formula is C25H30FN3O5. The number of anilines is 1. The van der Waals surface area contributed by atoms with Gasteiger partial charge in [-0.1, -0.05) is 44.2 Å². The van der Waals surface area contributed by atoms with Gasteiger partial charge in [-0.3, -0.25) is 4.79 Å². The zero-order valence-electron chi connectivity index (χ0n) is 19.4. The van der Waals surface area contributed by atoms with Crippen LogP contribution in [0.25, 0.3) is 0 Å². The van der Waals surface area contributed by atoms with Gasteiger partial charge >= 0.3 is 12.1 Å². The molecular weight excluding hydrogens is 441 g/mol. The number of carbonyl (C=O) groups excluding carboxylic acids is 3. The van der Waals surface area contributed by atoms with Gasteiger partial charge < -0.3 is 24.6 Å². The van der Waals surface area contributed by atoms with Crippen LogP contribution in [-0.2, 0) is 25.7 Å². The number of esters is 1. The van der Waals surface area contributed by atoms with Crippen molar-refractivity contribution in [2.24, 2.45) is 5.92 Å². The number of nitrogens with zero attached hydrogens (tertiary/aromatic N) is 2. The minimum absolute atomic E-state index is 0.0783. The second-order valence-electron chi connectivity index (χ2n) is 8.38. The minimum Gasteiger partial charge on any atom is -0.454 e. The molecule has 1 heterocycles. The van der Waals surface area contributed by atoms with Crippen LogP contribution in [-0.4, -0.2) is 61.7 Å². The quantitative estimate of drug-likeness (QED) is 0.596. The Bertz CT molecular complexity index is 960. The molecule has 1 aliphatic rings. The summed E-state index contributed by atoms with van der Waals surface area (Å²) in [5.41, 5.74) is 1.72. The molecule has 0 aromatic heterocycles. The molecule has 0 bridgehead atoms. The molecule has 1 fully saturated rings. The topological polar surface area (TPSA) is 88.2 Å². The molecule has 1 aliphatic heterocycles. The van der Waals surface area contributed by atoms with Crippen molar-refractivity contribution in [3.05, 3.63) is 66.0 Å². The van der Waals surface area contributed by atoms with Gasteiger partial charge in [0.25, 0.3) is 5.91 Å². The van der Waals surface area contributed by atoms with Gasteiger partial charge in [-0.25, -0.2) is 14.0 Å². The van der Waals surface area contributed by atoms with E-state index < -0.39 is 24.7 Å². The van der Waals surface area contributed by atoms with Crippen molar-refractivity contribution >= 4 is 23.7 Å². The van der Waals surface area contributed by atoms with Gasteiger partial charge in [0.2, 0.25) is 0 Å². The van der Waals surface area contributed by atoms with E-state index in [0.29, 0.717) is 26.2 Å². The molecule has 0 saturated carbocycles. The number of carbonyl (C=O) groups is 3. The summed E-state index contributed by atoms with van der Waals surface area (Å²) in [6, 6.07) is 14.5. The summed E-state index contributed by atoms with van der Waals surface area (Å²) in [6.45, 7) is 5.31. The highest BCUT2D eigenvalue weighted by Crippen LogP contribution is 2.17. The number of rotatable bonds is 8. The van der Waals surface area contributed by atoms with Crippen LogP contribution in [0, 0.1) is 11.7 Å². The molecule has 34 heavy (non-hydrogen) atoms. The Hall–Kier alpha value is -3.62. The van der Waals surface area contributed by atoms with Crippen LogP contribution < -0.4 is 10.2 Å². The van der Waals surface area contributed by atoms with Gasteiger partial charge in [0.05, 0.1) is 0 Å². The maximum absolute atomic E-state index is 13.1. The number of benzene rings is 2. The smallest absolute Gasteiger partial charge is 0.408 e. The van der Waals surface area contributed by atoms with Crippen molar-refractivity contribution in [2.75, 3.05) is 37.7 Å². The lowest BCUT2D eigenvalue weighted by atomic mass is 10.1. The van der Waals surface area contributed by atoms with Crippen LogP contribution in [0.5, 0.6) is 0 Å². The van der Waals surface area contributed by atoms with Gasteiger partial charge in [0.1, 0.15) is 18.5 Å². The highest BCUT2D eigenvalue weighted by molar-refractivity contribution is 5.85. The number of alkyl carbamates (subject to hydrolysis) is 1. The number of piperazine rings is 1. The molecule has 182 valence electrons. The van der Waals surface area contributed by atoms with Crippen molar-refractivity contribution < 1.29 is 28.2 Å². The van der Waals surface area contributed by atoms with E-state index in [1.54, 1.807) is 30.9 Å². The molecule has 1 unspecified atom stereocenters. The lowest BCUT2D eigenvalue weighted by molar-refractivity contribution is -0.154. The molecule has 2 amide bonds. The van der Waals surface area contributed by atoms with E-state index in [9.17, 15) is 18.8 Å². The molecule has 1 N–H and O–H groups in total. The molecule has 1 saturated heterocycles. The van der Waals surface area contributed by atoms with Crippen LogP contribution in [0.4, 0.5) is 14.9 Å². The number of nitrogens with one attached hydrogen (secondary N) is 1. The third kappa shape index (κ3) is 7.19. The zero-order valence-corrected chi connectivity index (χ0v) is 19.4. The highest BCUT2D eigenvalue weighted by atomic mass is 19.1. The lowest BCUT2D eigenvalue weighted by Gasteiger charge is -2.36. The number of hydrogen-bond acceptors (Lipinski definition) is 6. The van der Waals surface area contributed by atoms with Gasteiger partial charge in [-0.05, 0) is 35.7 Å². The van der Waals surface area contributed by atoms with Crippen molar-refractivity contribution in [2.45, 2.75) is 26.5 Å². The lowest BCUT2D eigenvalue weighted by Crippen LogP contribution is -2.50. The first-order valence-electron chi connectivity index (χ1n) is 11.3. The summed E-state index contributed by atoms with van der Waals surface area (Å²) in [5, 5.41) is 2.52. The Morgan fingerprint density at radius 2 is 1.59 bits per heavy atom. The highest BCUT2D eigenvalue weighted by Gasteiger charge is 2.28. The average Bonchev–Trinajstić information content (AvgIpc) is 2.85. The third-order valence-corrected chi connectivity index (χ3v) is 5.57. The van der Waals surface area contributed by atoms with Crippen LogP contribution >= 0.6 is 0 Å². The zero-order chi connectivity index (χ0) is 24.5. The second kappa shape index (κ2) is 12.0. The number of hydrogen-bond donors (Lipinski definition) is 1. The Kier molecular flexibility index (Phi) is 8.84. The van der Waals surface area contributed by atoms with Crippen LogP contribution in [0.3, 0.4) is 0 Å². The maximum Gasteiger partial charge on any atom is 0.408 e. The van der Waals surface area contributed by atoms with E-state index in [1.165, 1.54) is 12.1 Å². The molecule has 9 heteroatoms. The average molecular weight is 472 g/mol. The van der Waals surface area contributed by atoms with E-state index in [4.69, 9.17) is 9.47 Å². The van der Waals surface area contributed by atoms with Gasteiger partial charge in [-0.2, -0.15) is 0 Å². The summed E-state index contributed by atoms with van der Waals surface area (Å²) >= 11 is 0. The largest absolute Gasteiger partial charge is 0.454 e.